The lowest BCUT2D eigenvalue weighted by Crippen LogP contribution is -2.44. The fraction of sp³-hybridized carbons (Fsp3) is 0.529. The Morgan fingerprint density at radius 1 is 1.18 bits per heavy atom. The average Bonchev–Trinajstić information content (AvgIpc) is 2.48. The predicted octanol–water partition coefficient (Wildman–Crippen LogP) is 2.48. The highest BCUT2D eigenvalue weighted by molar-refractivity contribution is 5.91. The maximum absolute atomic E-state index is 12.5. The van der Waals surface area contributed by atoms with Crippen molar-refractivity contribution in [1.82, 2.24) is 10.2 Å². The lowest BCUT2D eigenvalue weighted by Gasteiger charge is -2.35. The second kappa shape index (κ2) is 7.29. The number of hydrogen-bond donors (Lipinski definition) is 2. The maximum Gasteiger partial charge on any atom is 0.321 e. The van der Waals surface area contributed by atoms with E-state index in [0.29, 0.717) is 17.5 Å². The molecule has 0 saturated carbocycles. The first-order valence-electron chi connectivity index (χ1n) is 7.84. The van der Waals surface area contributed by atoms with Gasteiger partial charge in [-0.05, 0) is 29.9 Å². The monoisotopic (exact) mass is 303 g/mol. The van der Waals surface area contributed by atoms with Crippen LogP contribution in [0.3, 0.4) is 0 Å². The summed E-state index contributed by atoms with van der Waals surface area (Å²) in [6, 6.07) is 7.37. The average molecular weight is 303 g/mol. The van der Waals surface area contributed by atoms with Crippen LogP contribution in [0, 0.1) is 11.8 Å². The number of para-hydroxylation sites is 1. The van der Waals surface area contributed by atoms with Crippen molar-refractivity contribution >= 4 is 17.6 Å². The summed E-state index contributed by atoms with van der Waals surface area (Å²) in [6.45, 7) is 5.92. The number of amides is 3. The lowest BCUT2D eigenvalue weighted by molar-refractivity contribution is -0.119. The Bertz CT molecular complexity index is 534. The van der Waals surface area contributed by atoms with E-state index in [4.69, 9.17) is 0 Å². The minimum atomic E-state index is -0.0808. The Kier molecular flexibility index (Phi) is 5.41. The summed E-state index contributed by atoms with van der Waals surface area (Å²) in [4.78, 5) is 25.9. The highest BCUT2D eigenvalue weighted by Gasteiger charge is 2.25. The van der Waals surface area contributed by atoms with Gasteiger partial charge in [-0.15, -0.1) is 0 Å². The number of carbonyl (C=O) groups excluding carboxylic acids is 2. The van der Waals surface area contributed by atoms with Crippen molar-refractivity contribution in [1.29, 1.82) is 0 Å². The van der Waals surface area contributed by atoms with Gasteiger partial charge in [0.2, 0.25) is 5.91 Å². The van der Waals surface area contributed by atoms with Gasteiger partial charge in [0.05, 0.1) is 6.42 Å². The van der Waals surface area contributed by atoms with Crippen LogP contribution in [-0.2, 0) is 11.2 Å². The van der Waals surface area contributed by atoms with E-state index in [0.717, 1.165) is 25.1 Å². The van der Waals surface area contributed by atoms with Gasteiger partial charge in [-0.1, -0.05) is 32.0 Å². The van der Waals surface area contributed by atoms with Gasteiger partial charge < -0.3 is 15.5 Å². The molecule has 1 aliphatic rings. The van der Waals surface area contributed by atoms with Gasteiger partial charge in [-0.2, -0.15) is 0 Å². The topological polar surface area (TPSA) is 61.4 Å². The van der Waals surface area contributed by atoms with Gasteiger partial charge in [0.25, 0.3) is 0 Å². The molecule has 2 atom stereocenters. The largest absolute Gasteiger partial charge is 0.359 e. The van der Waals surface area contributed by atoms with Crippen LogP contribution in [0.5, 0.6) is 0 Å². The highest BCUT2D eigenvalue weighted by atomic mass is 16.2. The van der Waals surface area contributed by atoms with E-state index in [-0.39, 0.29) is 18.4 Å². The van der Waals surface area contributed by atoms with Crippen molar-refractivity contribution in [2.24, 2.45) is 11.8 Å². The van der Waals surface area contributed by atoms with Crippen LogP contribution in [0.4, 0.5) is 10.5 Å². The molecule has 3 amide bonds. The Hall–Kier alpha value is -2.04. The van der Waals surface area contributed by atoms with Crippen LogP contribution in [0.25, 0.3) is 0 Å². The number of nitrogens with zero attached hydrogens (tertiary/aromatic N) is 1. The second-order valence-corrected chi connectivity index (χ2v) is 6.29. The Morgan fingerprint density at radius 3 is 2.45 bits per heavy atom. The molecule has 1 aromatic rings. The summed E-state index contributed by atoms with van der Waals surface area (Å²) in [5.41, 5.74) is 1.54. The van der Waals surface area contributed by atoms with Crippen LogP contribution in [0.15, 0.2) is 24.3 Å². The summed E-state index contributed by atoms with van der Waals surface area (Å²) < 4.78 is 0. The quantitative estimate of drug-likeness (QED) is 0.901. The Labute approximate surface area is 132 Å². The first-order valence-corrected chi connectivity index (χ1v) is 7.84. The molecule has 1 aliphatic heterocycles. The van der Waals surface area contributed by atoms with Crippen molar-refractivity contribution in [3.63, 3.8) is 0 Å². The minimum absolute atomic E-state index is 0.0677. The number of nitrogens with one attached hydrogen (secondary N) is 2. The Balaban J connectivity index is 2.06. The number of benzene rings is 1. The molecule has 2 N–H and O–H groups in total. The van der Waals surface area contributed by atoms with Gasteiger partial charge >= 0.3 is 6.03 Å². The van der Waals surface area contributed by atoms with Gasteiger partial charge in [-0.25, -0.2) is 4.79 Å². The van der Waals surface area contributed by atoms with Gasteiger partial charge in [0, 0.05) is 25.8 Å². The van der Waals surface area contributed by atoms with E-state index >= 15 is 0 Å². The van der Waals surface area contributed by atoms with E-state index in [1.165, 1.54) is 0 Å². The van der Waals surface area contributed by atoms with Gasteiger partial charge in [0.1, 0.15) is 0 Å². The summed E-state index contributed by atoms with van der Waals surface area (Å²) in [5.74, 6) is 0.980. The van der Waals surface area contributed by atoms with Crippen LogP contribution < -0.4 is 10.6 Å². The van der Waals surface area contributed by atoms with Crippen molar-refractivity contribution in [3.8, 4) is 0 Å². The van der Waals surface area contributed by atoms with Crippen molar-refractivity contribution < 1.29 is 9.59 Å². The molecule has 1 heterocycles. The first-order chi connectivity index (χ1) is 10.5. The number of hydrogen-bond acceptors (Lipinski definition) is 2. The number of likely N-dealkylation sites (N-methyl/N-ethyl adjacent to an activating group) is 1. The SMILES string of the molecule is CNC(=O)Cc1ccccc1NC(=O)N1C[C@@H](C)C[C@H](C)C1. The number of piperidine rings is 1. The number of carbonyl (C=O) groups is 2. The van der Waals surface area contributed by atoms with Gasteiger partial charge in [-0.3, -0.25) is 4.79 Å². The number of anilines is 1. The van der Waals surface area contributed by atoms with E-state index in [9.17, 15) is 9.59 Å². The lowest BCUT2D eigenvalue weighted by atomic mass is 9.92. The van der Waals surface area contributed by atoms with Crippen molar-refractivity contribution in [2.45, 2.75) is 26.7 Å². The van der Waals surface area contributed by atoms with E-state index in [1.54, 1.807) is 7.05 Å². The fourth-order valence-corrected chi connectivity index (χ4v) is 3.08. The zero-order chi connectivity index (χ0) is 16.1. The fourth-order valence-electron chi connectivity index (χ4n) is 3.08. The molecule has 5 heteroatoms. The van der Waals surface area contributed by atoms with Crippen LogP contribution >= 0.6 is 0 Å². The predicted molar refractivity (Wildman–Crippen MR) is 87.7 cm³/mol. The third-order valence-corrected chi connectivity index (χ3v) is 4.04. The zero-order valence-electron chi connectivity index (χ0n) is 13.6. The molecule has 0 unspecified atom stereocenters. The minimum Gasteiger partial charge on any atom is -0.359 e. The molecular weight excluding hydrogens is 278 g/mol. The van der Waals surface area contributed by atoms with Gasteiger partial charge in [0.15, 0.2) is 0 Å². The third kappa shape index (κ3) is 4.23. The molecule has 5 nitrogen and oxygen atoms in total. The van der Waals surface area contributed by atoms with Crippen molar-refractivity contribution in [2.75, 3.05) is 25.5 Å². The maximum atomic E-state index is 12.5. The molecule has 22 heavy (non-hydrogen) atoms. The molecule has 1 aromatic carbocycles. The van der Waals surface area contributed by atoms with Crippen molar-refractivity contribution in [3.05, 3.63) is 29.8 Å². The number of urea groups is 1. The van der Waals surface area contributed by atoms with E-state index in [2.05, 4.69) is 24.5 Å². The molecule has 0 spiro atoms. The molecule has 1 saturated heterocycles. The molecule has 120 valence electrons. The zero-order valence-corrected chi connectivity index (χ0v) is 13.6. The first kappa shape index (κ1) is 16.3. The van der Waals surface area contributed by atoms with Crippen LogP contribution in [-0.4, -0.2) is 37.0 Å². The smallest absolute Gasteiger partial charge is 0.321 e. The normalized spacial score (nSPS) is 21.3. The highest BCUT2D eigenvalue weighted by Crippen LogP contribution is 2.22. The number of likely N-dealkylation sites (tertiary alicyclic amines) is 1. The number of rotatable bonds is 3. The molecule has 0 bridgehead atoms. The molecule has 0 radical (unpaired) electrons. The molecule has 0 aromatic heterocycles. The third-order valence-electron chi connectivity index (χ3n) is 4.04. The summed E-state index contributed by atoms with van der Waals surface area (Å²) >= 11 is 0. The summed E-state index contributed by atoms with van der Waals surface area (Å²) in [7, 11) is 1.61. The van der Waals surface area contributed by atoms with Crippen LogP contribution in [0.1, 0.15) is 25.8 Å². The summed E-state index contributed by atoms with van der Waals surface area (Å²) in [6.07, 6.45) is 1.43. The van der Waals surface area contributed by atoms with E-state index in [1.807, 2.05) is 29.2 Å². The van der Waals surface area contributed by atoms with Crippen LogP contribution in [0.2, 0.25) is 0 Å². The standard InChI is InChI=1S/C17H25N3O2/c1-12-8-13(2)11-20(10-12)17(22)19-15-7-5-4-6-14(15)9-16(21)18-3/h4-7,12-13H,8-11H2,1-3H3,(H,18,21)(H,19,22)/t12-,13-/m0/s1. The molecular formula is C17H25N3O2. The second-order valence-electron chi connectivity index (χ2n) is 6.29. The van der Waals surface area contributed by atoms with E-state index < -0.39 is 0 Å². The molecule has 2 rings (SSSR count). The molecule has 1 fully saturated rings. The molecule has 0 aliphatic carbocycles. The summed E-state index contributed by atoms with van der Waals surface area (Å²) in [5, 5.41) is 5.56. The Morgan fingerprint density at radius 2 is 1.82 bits per heavy atom.